The molecule has 1 N–H and O–H groups in total. The number of carboxylic acids is 1. The Morgan fingerprint density at radius 3 is 2.08 bits per heavy atom. The lowest BCUT2D eigenvalue weighted by Crippen LogP contribution is -2.03. The van der Waals surface area contributed by atoms with Crippen molar-refractivity contribution in [3.8, 4) is 5.75 Å². The van der Waals surface area contributed by atoms with Gasteiger partial charge >= 0.3 is 5.97 Å². The van der Waals surface area contributed by atoms with E-state index in [1.165, 1.54) is 5.56 Å². The lowest BCUT2D eigenvalue weighted by molar-refractivity contribution is 0.0696. The Bertz CT molecular complexity index is 826. The van der Waals surface area contributed by atoms with E-state index in [0.717, 1.165) is 29.7 Å². The fourth-order valence-corrected chi connectivity index (χ4v) is 2.71. The number of hydrogen-bond donors (Lipinski definition) is 1. The summed E-state index contributed by atoms with van der Waals surface area (Å²) in [5.74, 6) is -0.180. The molecule has 0 unspecified atom stereocenters. The van der Waals surface area contributed by atoms with Gasteiger partial charge in [-0.1, -0.05) is 60.7 Å². The first-order chi connectivity index (χ1) is 12.2. The van der Waals surface area contributed by atoms with Gasteiger partial charge in [-0.3, -0.25) is 0 Å². The highest BCUT2D eigenvalue weighted by molar-refractivity contribution is 5.88. The zero-order chi connectivity index (χ0) is 17.5. The minimum Gasteiger partial charge on any atom is -0.489 e. The number of carboxylic acid groups (broad SMARTS) is 1. The lowest BCUT2D eigenvalue weighted by atomic mass is 10.0. The number of aromatic carboxylic acids is 1. The molecule has 0 fully saturated rings. The molecule has 0 aromatic heterocycles. The quantitative estimate of drug-likeness (QED) is 0.679. The zero-order valence-electron chi connectivity index (χ0n) is 13.9. The van der Waals surface area contributed by atoms with E-state index in [1.54, 1.807) is 18.2 Å². The third-order valence-corrected chi connectivity index (χ3v) is 4.07. The summed E-state index contributed by atoms with van der Waals surface area (Å²) >= 11 is 0. The van der Waals surface area contributed by atoms with Crippen LogP contribution in [0.2, 0.25) is 0 Å². The lowest BCUT2D eigenvalue weighted by Gasteiger charge is -2.13. The molecule has 3 aromatic rings. The number of rotatable bonds is 7. The van der Waals surface area contributed by atoms with Gasteiger partial charge in [0, 0.05) is 0 Å². The summed E-state index contributed by atoms with van der Waals surface area (Å²) in [5.41, 5.74) is 3.51. The molecule has 3 nitrogen and oxygen atoms in total. The van der Waals surface area contributed by atoms with E-state index in [0.29, 0.717) is 6.61 Å². The second-order valence-electron chi connectivity index (χ2n) is 5.89. The smallest absolute Gasteiger partial charge is 0.335 e. The highest BCUT2D eigenvalue weighted by atomic mass is 16.5. The van der Waals surface area contributed by atoms with Crippen LogP contribution in [0.4, 0.5) is 0 Å². The molecule has 3 aromatic carbocycles. The summed E-state index contributed by atoms with van der Waals surface area (Å²) in [6.07, 6.45) is 1.57. The molecule has 0 spiro atoms. The molecule has 3 heteroatoms. The fourth-order valence-electron chi connectivity index (χ4n) is 2.71. The Balaban J connectivity index is 1.77. The molecular formula is C22H20O3. The van der Waals surface area contributed by atoms with Crippen molar-refractivity contribution >= 4 is 5.97 Å². The number of carbonyl (C=O) groups is 1. The SMILES string of the molecule is O=C(O)c1ccc(OCc2ccccc2)c(CCc2ccccc2)c1. The van der Waals surface area contributed by atoms with Crippen LogP contribution in [0.15, 0.2) is 78.9 Å². The van der Waals surface area contributed by atoms with Crippen molar-refractivity contribution in [1.29, 1.82) is 0 Å². The van der Waals surface area contributed by atoms with Gasteiger partial charge in [-0.2, -0.15) is 0 Å². The Hall–Kier alpha value is -3.07. The predicted octanol–water partition coefficient (Wildman–Crippen LogP) is 4.75. The Morgan fingerprint density at radius 2 is 1.44 bits per heavy atom. The first kappa shape index (κ1) is 16.8. The van der Waals surface area contributed by atoms with E-state index in [1.807, 2.05) is 48.5 Å². The van der Waals surface area contributed by atoms with Crippen LogP contribution >= 0.6 is 0 Å². The number of ether oxygens (including phenoxy) is 1. The van der Waals surface area contributed by atoms with Gasteiger partial charge in [0.25, 0.3) is 0 Å². The van der Waals surface area contributed by atoms with E-state index >= 15 is 0 Å². The Kier molecular flexibility index (Phi) is 5.47. The summed E-state index contributed by atoms with van der Waals surface area (Å²) in [6.45, 7) is 0.464. The molecular weight excluding hydrogens is 312 g/mol. The molecule has 0 saturated heterocycles. The van der Waals surface area contributed by atoms with Gasteiger partial charge < -0.3 is 9.84 Å². The first-order valence-electron chi connectivity index (χ1n) is 8.29. The van der Waals surface area contributed by atoms with Crippen molar-refractivity contribution in [3.05, 3.63) is 101 Å². The van der Waals surface area contributed by atoms with Crippen LogP contribution in [0.5, 0.6) is 5.75 Å². The highest BCUT2D eigenvalue weighted by Crippen LogP contribution is 2.23. The van der Waals surface area contributed by atoms with Crippen LogP contribution < -0.4 is 4.74 Å². The molecule has 0 bridgehead atoms. The van der Waals surface area contributed by atoms with Crippen molar-refractivity contribution in [2.75, 3.05) is 0 Å². The normalized spacial score (nSPS) is 10.4. The van der Waals surface area contributed by atoms with Crippen LogP contribution in [0.3, 0.4) is 0 Å². The first-order valence-corrected chi connectivity index (χ1v) is 8.29. The Morgan fingerprint density at radius 1 is 0.800 bits per heavy atom. The predicted molar refractivity (Wildman–Crippen MR) is 98.0 cm³/mol. The average molecular weight is 332 g/mol. The summed E-state index contributed by atoms with van der Waals surface area (Å²) in [6, 6.07) is 25.2. The van der Waals surface area contributed by atoms with Crippen molar-refractivity contribution in [1.82, 2.24) is 0 Å². The number of aryl methyl sites for hydroxylation is 2. The molecule has 0 saturated carbocycles. The van der Waals surface area contributed by atoms with Crippen molar-refractivity contribution in [3.63, 3.8) is 0 Å². The molecule has 0 aliphatic rings. The van der Waals surface area contributed by atoms with Gasteiger partial charge in [0.05, 0.1) is 5.56 Å². The summed E-state index contributed by atoms with van der Waals surface area (Å²) in [7, 11) is 0. The van der Waals surface area contributed by atoms with E-state index in [2.05, 4.69) is 12.1 Å². The van der Waals surface area contributed by atoms with E-state index < -0.39 is 5.97 Å². The molecule has 25 heavy (non-hydrogen) atoms. The maximum atomic E-state index is 11.3. The summed E-state index contributed by atoms with van der Waals surface area (Å²) in [5, 5.41) is 9.25. The van der Waals surface area contributed by atoms with Crippen LogP contribution in [-0.4, -0.2) is 11.1 Å². The highest BCUT2D eigenvalue weighted by Gasteiger charge is 2.10. The van der Waals surface area contributed by atoms with E-state index in [9.17, 15) is 9.90 Å². The third kappa shape index (κ3) is 4.70. The van der Waals surface area contributed by atoms with Crippen LogP contribution in [0.25, 0.3) is 0 Å². The van der Waals surface area contributed by atoms with Crippen LogP contribution in [0, 0.1) is 0 Å². The molecule has 0 atom stereocenters. The average Bonchev–Trinajstić information content (AvgIpc) is 2.66. The largest absolute Gasteiger partial charge is 0.489 e. The monoisotopic (exact) mass is 332 g/mol. The maximum absolute atomic E-state index is 11.3. The van der Waals surface area contributed by atoms with Crippen molar-refractivity contribution in [2.45, 2.75) is 19.4 Å². The summed E-state index contributed by atoms with van der Waals surface area (Å²) < 4.78 is 5.95. The second kappa shape index (κ2) is 8.15. The number of hydrogen-bond acceptors (Lipinski definition) is 2. The van der Waals surface area contributed by atoms with Crippen molar-refractivity contribution in [2.24, 2.45) is 0 Å². The molecule has 0 amide bonds. The Labute approximate surface area is 147 Å². The minimum atomic E-state index is -0.921. The standard InChI is InChI=1S/C22H20O3/c23-22(24)20-13-14-21(25-16-18-9-5-2-6-10-18)19(15-20)12-11-17-7-3-1-4-8-17/h1-10,13-15H,11-12,16H2,(H,23,24). The van der Waals surface area contributed by atoms with Gasteiger partial charge in [0.15, 0.2) is 0 Å². The van der Waals surface area contributed by atoms with E-state index in [4.69, 9.17) is 4.74 Å². The van der Waals surface area contributed by atoms with Gasteiger partial charge in [-0.15, -0.1) is 0 Å². The second-order valence-corrected chi connectivity index (χ2v) is 5.89. The molecule has 0 aliphatic carbocycles. The topological polar surface area (TPSA) is 46.5 Å². The third-order valence-electron chi connectivity index (χ3n) is 4.07. The summed E-state index contributed by atoms with van der Waals surface area (Å²) in [4.78, 5) is 11.3. The molecule has 0 aliphatic heterocycles. The fraction of sp³-hybridized carbons (Fsp3) is 0.136. The minimum absolute atomic E-state index is 0.287. The van der Waals surface area contributed by atoms with Crippen LogP contribution in [-0.2, 0) is 19.4 Å². The van der Waals surface area contributed by atoms with Gasteiger partial charge in [0.2, 0.25) is 0 Å². The maximum Gasteiger partial charge on any atom is 0.335 e. The van der Waals surface area contributed by atoms with Crippen molar-refractivity contribution < 1.29 is 14.6 Å². The zero-order valence-corrected chi connectivity index (χ0v) is 13.9. The molecule has 126 valence electrons. The van der Waals surface area contributed by atoms with Gasteiger partial charge in [-0.05, 0) is 47.7 Å². The van der Waals surface area contributed by atoms with E-state index in [-0.39, 0.29) is 5.56 Å². The molecule has 0 radical (unpaired) electrons. The van der Waals surface area contributed by atoms with Crippen LogP contribution in [0.1, 0.15) is 27.0 Å². The van der Waals surface area contributed by atoms with Gasteiger partial charge in [-0.25, -0.2) is 4.79 Å². The number of benzene rings is 3. The molecule has 0 heterocycles. The molecule has 3 rings (SSSR count). The van der Waals surface area contributed by atoms with Gasteiger partial charge in [0.1, 0.15) is 12.4 Å².